The average Bonchev–Trinajstić information content (AvgIpc) is 2.28. The van der Waals surface area contributed by atoms with Gasteiger partial charge in [-0.15, -0.1) is 12.4 Å². The molecule has 0 aliphatic heterocycles. The van der Waals surface area contributed by atoms with Crippen molar-refractivity contribution in [2.75, 3.05) is 7.11 Å². The van der Waals surface area contributed by atoms with Crippen molar-refractivity contribution in [3.8, 4) is 0 Å². The number of carbonyl (C=O) groups is 1. The molecule has 0 bridgehead atoms. The maximum absolute atomic E-state index is 11.0. The third-order valence-electron chi connectivity index (χ3n) is 2.21. The molecule has 0 saturated heterocycles. The maximum Gasteiger partial charge on any atom is 0.307 e. The molecule has 0 aliphatic rings. The number of nitro benzene ring substituents is 1. The number of nitro groups is 1. The molecule has 1 atom stereocenters. The van der Waals surface area contributed by atoms with Crippen LogP contribution in [0.25, 0.3) is 0 Å². The van der Waals surface area contributed by atoms with Crippen LogP contribution in [0, 0.1) is 10.1 Å². The standard InChI is InChI=1S/C10H11ClN2O4.ClH/c1-17-10(14)5-8(12)6-2-3-7(11)9(4-6)13(15)16;/h2-4,8H,5,12H2,1H3;1H/t8-;/m0./s1. The molecule has 0 radical (unpaired) electrons. The Morgan fingerprint density at radius 1 is 1.61 bits per heavy atom. The first-order valence-electron chi connectivity index (χ1n) is 4.72. The van der Waals surface area contributed by atoms with E-state index < -0.39 is 16.9 Å². The molecule has 100 valence electrons. The van der Waals surface area contributed by atoms with E-state index >= 15 is 0 Å². The van der Waals surface area contributed by atoms with Gasteiger partial charge in [-0.2, -0.15) is 0 Å². The summed E-state index contributed by atoms with van der Waals surface area (Å²) in [6, 6.07) is 3.53. The molecular formula is C10H12Cl2N2O4. The number of nitrogens with zero attached hydrogens (tertiary/aromatic N) is 1. The predicted molar refractivity (Wildman–Crippen MR) is 68.9 cm³/mol. The van der Waals surface area contributed by atoms with Gasteiger partial charge in [-0.25, -0.2) is 0 Å². The van der Waals surface area contributed by atoms with Crippen molar-refractivity contribution in [1.29, 1.82) is 0 Å². The first-order chi connectivity index (χ1) is 7.95. The lowest BCUT2D eigenvalue weighted by Gasteiger charge is -2.10. The molecule has 0 fully saturated rings. The van der Waals surface area contributed by atoms with Crippen LogP contribution in [-0.2, 0) is 9.53 Å². The Balaban J connectivity index is 0.00000289. The number of nitrogens with two attached hydrogens (primary N) is 1. The van der Waals surface area contributed by atoms with Crippen LogP contribution in [-0.4, -0.2) is 18.0 Å². The largest absolute Gasteiger partial charge is 0.469 e. The number of halogens is 2. The van der Waals surface area contributed by atoms with E-state index in [0.29, 0.717) is 5.56 Å². The van der Waals surface area contributed by atoms with Crippen molar-refractivity contribution in [3.05, 3.63) is 38.9 Å². The van der Waals surface area contributed by atoms with Gasteiger partial charge in [-0.05, 0) is 11.6 Å². The van der Waals surface area contributed by atoms with Crippen molar-refractivity contribution in [1.82, 2.24) is 0 Å². The third-order valence-corrected chi connectivity index (χ3v) is 2.53. The minimum Gasteiger partial charge on any atom is -0.469 e. The van der Waals surface area contributed by atoms with Gasteiger partial charge in [0, 0.05) is 12.1 Å². The SMILES string of the molecule is COC(=O)C[C@H](N)c1ccc(Cl)c([N+](=O)[O-])c1.Cl. The molecule has 18 heavy (non-hydrogen) atoms. The Hall–Kier alpha value is -1.37. The molecule has 1 aromatic carbocycles. The van der Waals surface area contributed by atoms with Crippen LogP contribution in [0.1, 0.15) is 18.0 Å². The van der Waals surface area contributed by atoms with E-state index in [2.05, 4.69) is 4.74 Å². The molecular weight excluding hydrogens is 283 g/mol. The summed E-state index contributed by atoms with van der Waals surface area (Å²) in [6.07, 6.45) is -0.0463. The normalized spacial score (nSPS) is 11.3. The predicted octanol–water partition coefficient (Wildman–Crippen LogP) is 2.23. The molecule has 0 heterocycles. The molecule has 0 spiro atoms. The second-order valence-electron chi connectivity index (χ2n) is 3.35. The van der Waals surface area contributed by atoms with Crippen LogP contribution in [0.5, 0.6) is 0 Å². The highest BCUT2D eigenvalue weighted by Gasteiger charge is 2.17. The second-order valence-corrected chi connectivity index (χ2v) is 3.76. The molecule has 2 N–H and O–H groups in total. The Kier molecular flexibility index (Phi) is 6.61. The monoisotopic (exact) mass is 294 g/mol. The van der Waals surface area contributed by atoms with E-state index in [4.69, 9.17) is 17.3 Å². The number of hydrogen-bond acceptors (Lipinski definition) is 5. The summed E-state index contributed by atoms with van der Waals surface area (Å²) >= 11 is 5.65. The smallest absolute Gasteiger partial charge is 0.307 e. The van der Waals surface area contributed by atoms with Crippen molar-refractivity contribution in [3.63, 3.8) is 0 Å². The summed E-state index contributed by atoms with van der Waals surface area (Å²) in [5, 5.41) is 10.7. The Morgan fingerprint density at radius 2 is 2.22 bits per heavy atom. The number of methoxy groups -OCH3 is 1. The van der Waals surface area contributed by atoms with Crippen molar-refractivity contribution < 1.29 is 14.5 Å². The van der Waals surface area contributed by atoms with Crippen LogP contribution >= 0.6 is 24.0 Å². The highest BCUT2D eigenvalue weighted by Crippen LogP contribution is 2.28. The molecule has 8 heteroatoms. The number of ether oxygens (including phenoxy) is 1. The molecule has 0 unspecified atom stereocenters. The third kappa shape index (κ3) is 4.14. The average molecular weight is 295 g/mol. The fourth-order valence-electron chi connectivity index (χ4n) is 1.28. The van der Waals surface area contributed by atoms with Gasteiger partial charge in [-0.3, -0.25) is 14.9 Å². The van der Waals surface area contributed by atoms with Gasteiger partial charge in [0.2, 0.25) is 0 Å². The zero-order valence-corrected chi connectivity index (χ0v) is 11.0. The van der Waals surface area contributed by atoms with E-state index in [-0.39, 0.29) is 29.5 Å². The summed E-state index contributed by atoms with van der Waals surface area (Å²) in [5.74, 6) is -0.477. The van der Waals surface area contributed by atoms with Crippen molar-refractivity contribution in [2.45, 2.75) is 12.5 Å². The van der Waals surface area contributed by atoms with E-state index in [1.54, 1.807) is 6.07 Å². The number of carbonyl (C=O) groups excluding carboxylic acids is 1. The van der Waals surface area contributed by atoms with E-state index in [1.165, 1.54) is 19.2 Å². The molecule has 0 aliphatic carbocycles. The van der Waals surface area contributed by atoms with Crippen molar-refractivity contribution >= 4 is 35.7 Å². The lowest BCUT2D eigenvalue weighted by molar-refractivity contribution is -0.384. The van der Waals surface area contributed by atoms with Crippen LogP contribution < -0.4 is 5.73 Å². The lowest BCUT2D eigenvalue weighted by atomic mass is 10.0. The molecule has 6 nitrogen and oxygen atoms in total. The summed E-state index contributed by atoms with van der Waals surface area (Å²) in [5.41, 5.74) is 5.96. The van der Waals surface area contributed by atoms with Gasteiger partial charge in [0.1, 0.15) is 5.02 Å². The lowest BCUT2D eigenvalue weighted by Crippen LogP contribution is -2.16. The topological polar surface area (TPSA) is 95.5 Å². The van der Waals surface area contributed by atoms with E-state index in [0.717, 1.165) is 0 Å². The van der Waals surface area contributed by atoms with E-state index in [1.807, 2.05) is 0 Å². The van der Waals surface area contributed by atoms with E-state index in [9.17, 15) is 14.9 Å². The highest BCUT2D eigenvalue weighted by molar-refractivity contribution is 6.32. The quantitative estimate of drug-likeness (QED) is 0.522. The fraction of sp³-hybridized carbons (Fsp3) is 0.300. The van der Waals surface area contributed by atoms with Crippen LogP contribution in [0.15, 0.2) is 18.2 Å². The maximum atomic E-state index is 11.0. The van der Waals surface area contributed by atoms with Crippen molar-refractivity contribution in [2.24, 2.45) is 5.73 Å². The zero-order valence-electron chi connectivity index (χ0n) is 9.46. The summed E-state index contributed by atoms with van der Waals surface area (Å²) < 4.78 is 4.46. The Morgan fingerprint density at radius 3 is 2.72 bits per heavy atom. The first kappa shape index (κ1) is 16.6. The summed E-state index contributed by atoms with van der Waals surface area (Å²) in [7, 11) is 1.25. The molecule has 1 rings (SSSR count). The van der Waals surface area contributed by atoms with Gasteiger partial charge in [0.05, 0.1) is 18.5 Å². The minimum atomic E-state index is -0.654. The van der Waals surface area contributed by atoms with Crippen LogP contribution in [0.2, 0.25) is 5.02 Å². The number of benzene rings is 1. The summed E-state index contributed by atoms with van der Waals surface area (Å²) in [4.78, 5) is 21.1. The zero-order chi connectivity index (χ0) is 13.0. The van der Waals surface area contributed by atoms with Gasteiger partial charge >= 0.3 is 5.97 Å². The van der Waals surface area contributed by atoms with Gasteiger partial charge < -0.3 is 10.5 Å². The highest BCUT2D eigenvalue weighted by atomic mass is 35.5. The molecule has 0 aromatic heterocycles. The second kappa shape index (κ2) is 7.15. The number of hydrogen-bond donors (Lipinski definition) is 1. The Bertz CT molecular complexity index is 454. The molecule has 0 amide bonds. The minimum absolute atomic E-state index is 0. The number of esters is 1. The van der Waals surface area contributed by atoms with Gasteiger partial charge in [-0.1, -0.05) is 17.7 Å². The Labute approximate surface area is 115 Å². The van der Waals surface area contributed by atoms with Crippen LogP contribution in [0.4, 0.5) is 5.69 Å². The van der Waals surface area contributed by atoms with Crippen LogP contribution in [0.3, 0.4) is 0 Å². The molecule has 1 aromatic rings. The van der Waals surface area contributed by atoms with Gasteiger partial charge in [0.25, 0.3) is 5.69 Å². The first-order valence-corrected chi connectivity index (χ1v) is 5.09. The van der Waals surface area contributed by atoms with Gasteiger partial charge in [0.15, 0.2) is 0 Å². The molecule has 0 saturated carbocycles. The fourth-order valence-corrected chi connectivity index (χ4v) is 1.47. The number of rotatable bonds is 4. The summed E-state index contributed by atoms with van der Waals surface area (Å²) in [6.45, 7) is 0.